The Morgan fingerprint density at radius 1 is 1.06 bits per heavy atom. The van der Waals surface area contributed by atoms with E-state index in [0.29, 0.717) is 25.1 Å². The second-order valence-electron chi connectivity index (χ2n) is 8.54. The van der Waals surface area contributed by atoms with Crippen molar-refractivity contribution in [1.29, 1.82) is 0 Å². The second-order valence-corrected chi connectivity index (χ2v) is 8.54. The molecule has 0 radical (unpaired) electrons. The smallest absolute Gasteiger partial charge is 0.191 e. The zero-order chi connectivity index (χ0) is 21.9. The maximum Gasteiger partial charge on any atom is 0.191 e. The molecular formula is C26H38N4O. The molecule has 0 bridgehead atoms. The van der Waals surface area contributed by atoms with Gasteiger partial charge in [-0.05, 0) is 68.7 Å². The summed E-state index contributed by atoms with van der Waals surface area (Å²) in [6.45, 7) is 8.19. The van der Waals surface area contributed by atoms with Crippen LogP contribution in [0.1, 0.15) is 44.2 Å². The number of aryl methyl sites for hydroxylation is 1. The highest BCUT2D eigenvalue weighted by Crippen LogP contribution is 2.23. The summed E-state index contributed by atoms with van der Waals surface area (Å²) in [4.78, 5) is 7.21. The minimum Gasteiger partial charge on any atom is -0.396 e. The Hall–Kier alpha value is -2.53. The third-order valence-corrected chi connectivity index (χ3v) is 6.03. The van der Waals surface area contributed by atoms with E-state index in [1.807, 2.05) is 0 Å². The van der Waals surface area contributed by atoms with Crippen LogP contribution in [0.15, 0.2) is 59.6 Å². The number of hydrogen-bond acceptors (Lipinski definition) is 3. The van der Waals surface area contributed by atoms with Gasteiger partial charge >= 0.3 is 0 Å². The first-order valence-corrected chi connectivity index (χ1v) is 11.7. The molecule has 168 valence electrons. The Morgan fingerprint density at radius 3 is 2.42 bits per heavy atom. The van der Waals surface area contributed by atoms with E-state index in [-0.39, 0.29) is 0 Å². The summed E-state index contributed by atoms with van der Waals surface area (Å²) in [6, 6.07) is 19.7. The van der Waals surface area contributed by atoms with E-state index in [2.05, 4.69) is 84.0 Å². The van der Waals surface area contributed by atoms with E-state index >= 15 is 0 Å². The molecule has 3 N–H and O–H groups in total. The molecule has 2 aromatic carbocycles. The van der Waals surface area contributed by atoms with Crippen molar-refractivity contribution in [3.8, 4) is 0 Å². The van der Waals surface area contributed by atoms with Crippen molar-refractivity contribution in [1.82, 2.24) is 10.6 Å². The molecule has 1 atom stereocenters. The fraction of sp³-hybridized carbons (Fsp3) is 0.500. The monoisotopic (exact) mass is 422 g/mol. The van der Waals surface area contributed by atoms with Crippen molar-refractivity contribution in [2.75, 3.05) is 31.1 Å². The maximum atomic E-state index is 9.32. The van der Waals surface area contributed by atoms with Crippen molar-refractivity contribution < 1.29 is 5.11 Å². The molecule has 0 amide bonds. The van der Waals surface area contributed by atoms with E-state index in [1.165, 1.54) is 16.8 Å². The van der Waals surface area contributed by atoms with E-state index in [9.17, 15) is 5.11 Å². The zero-order valence-corrected chi connectivity index (χ0v) is 19.1. The maximum absolute atomic E-state index is 9.32. The van der Waals surface area contributed by atoms with Gasteiger partial charge in [0, 0.05) is 38.0 Å². The van der Waals surface area contributed by atoms with Crippen LogP contribution in [0.5, 0.6) is 0 Å². The molecule has 1 fully saturated rings. The van der Waals surface area contributed by atoms with Crippen molar-refractivity contribution in [2.24, 2.45) is 10.9 Å². The summed E-state index contributed by atoms with van der Waals surface area (Å²) in [5, 5.41) is 16.2. The number of piperidine rings is 1. The molecular weight excluding hydrogens is 384 g/mol. The van der Waals surface area contributed by atoms with E-state index in [1.54, 1.807) is 0 Å². The molecule has 0 aliphatic carbocycles. The lowest BCUT2D eigenvalue weighted by molar-refractivity contribution is 0.203. The fourth-order valence-electron chi connectivity index (χ4n) is 4.01. The second kappa shape index (κ2) is 12.4. The summed E-state index contributed by atoms with van der Waals surface area (Å²) in [5.41, 5.74) is 3.85. The minimum atomic E-state index is 0.317. The van der Waals surface area contributed by atoms with Crippen LogP contribution in [0.3, 0.4) is 0 Å². The highest BCUT2D eigenvalue weighted by molar-refractivity contribution is 5.80. The Bertz CT molecular complexity index is 783. The summed E-state index contributed by atoms with van der Waals surface area (Å²) < 4.78 is 0. The molecule has 0 aromatic heterocycles. The molecule has 2 aromatic rings. The van der Waals surface area contributed by atoms with E-state index in [0.717, 1.165) is 51.3 Å². The molecule has 1 unspecified atom stereocenters. The first kappa shape index (κ1) is 23.1. The van der Waals surface area contributed by atoms with Gasteiger partial charge in [-0.2, -0.15) is 0 Å². The van der Waals surface area contributed by atoms with Gasteiger partial charge in [-0.25, -0.2) is 4.99 Å². The first-order valence-electron chi connectivity index (χ1n) is 11.7. The molecule has 0 saturated carbocycles. The number of aliphatic hydroxyl groups excluding tert-OH is 1. The van der Waals surface area contributed by atoms with Crippen LogP contribution in [0.25, 0.3) is 0 Å². The molecule has 3 rings (SSSR count). The van der Waals surface area contributed by atoms with Gasteiger partial charge < -0.3 is 20.6 Å². The number of nitrogens with zero attached hydrogens (tertiary/aromatic N) is 2. The Kier molecular flexibility index (Phi) is 9.22. The number of nitrogens with one attached hydrogen (secondary N) is 2. The van der Waals surface area contributed by atoms with Crippen LogP contribution in [-0.2, 0) is 13.0 Å². The highest BCUT2D eigenvalue weighted by Gasteiger charge is 2.18. The predicted octanol–water partition coefficient (Wildman–Crippen LogP) is 3.97. The Morgan fingerprint density at radius 2 is 1.77 bits per heavy atom. The van der Waals surface area contributed by atoms with Gasteiger partial charge in [-0.1, -0.05) is 42.5 Å². The summed E-state index contributed by atoms with van der Waals surface area (Å²) in [5.74, 6) is 1.34. The first-order chi connectivity index (χ1) is 15.2. The van der Waals surface area contributed by atoms with Crippen molar-refractivity contribution in [2.45, 2.75) is 52.1 Å². The number of aliphatic imine (C=N–C) groups is 1. The van der Waals surface area contributed by atoms with E-state index in [4.69, 9.17) is 4.99 Å². The van der Waals surface area contributed by atoms with Gasteiger partial charge in [0.2, 0.25) is 0 Å². The summed E-state index contributed by atoms with van der Waals surface area (Å²) in [7, 11) is 0. The molecule has 1 saturated heterocycles. The van der Waals surface area contributed by atoms with Gasteiger partial charge in [0.15, 0.2) is 5.96 Å². The Balaban J connectivity index is 1.50. The highest BCUT2D eigenvalue weighted by atomic mass is 16.3. The Labute approximate surface area is 187 Å². The average Bonchev–Trinajstić information content (AvgIpc) is 2.82. The largest absolute Gasteiger partial charge is 0.396 e. The number of anilines is 1. The van der Waals surface area contributed by atoms with Crippen LogP contribution in [0.4, 0.5) is 5.69 Å². The normalized spacial score (nSPS) is 16.2. The van der Waals surface area contributed by atoms with Crippen molar-refractivity contribution in [3.05, 3.63) is 65.7 Å². The topological polar surface area (TPSA) is 59.9 Å². The summed E-state index contributed by atoms with van der Waals surface area (Å²) in [6.07, 6.45) is 4.27. The van der Waals surface area contributed by atoms with Crippen LogP contribution in [0.2, 0.25) is 0 Å². The van der Waals surface area contributed by atoms with Crippen molar-refractivity contribution >= 4 is 11.6 Å². The molecule has 0 spiro atoms. The lowest BCUT2D eigenvalue weighted by Crippen LogP contribution is -2.42. The van der Waals surface area contributed by atoms with Gasteiger partial charge in [-0.3, -0.25) is 0 Å². The standard InChI is InChI=1S/C26H38N4O/c1-3-27-26(29-21(2)9-10-22-7-5-4-6-8-22)28-19-23-11-13-25(14-12-23)30-17-15-24(20-31)16-18-30/h4-8,11-14,21,24,31H,3,9-10,15-20H2,1-2H3,(H2,27,28,29). The van der Waals surface area contributed by atoms with Crippen LogP contribution < -0.4 is 15.5 Å². The zero-order valence-electron chi connectivity index (χ0n) is 19.1. The molecule has 5 nitrogen and oxygen atoms in total. The number of benzene rings is 2. The quantitative estimate of drug-likeness (QED) is 0.423. The molecule has 31 heavy (non-hydrogen) atoms. The number of hydrogen-bond donors (Lipinski definition) is 3. The molecule has 1 aliphatic rings. The van der Waals surface area contributed by atoms with Crippen molar-refractivity contribution in [3.63, 3.8) is 0 Å². The number of guanidine groups is 1. The van der Waals surface area contributed by atoms with Gasteiger partial charge in [0.1, 0.15) is 0 Å². The van der Waals surface area contributed by atoms with Gasteiger partial charge in [0.05, 0.1) is 6.54 Å². The predicted molar refractivity (Wildman–Crippen MR) is 131 cm³/mol. The number of aliphatic hydroxyl groups is 1. The van der Waals surface area contributed by atoms with E-state index < -0.39 is 0 Å². The molecule has 5 heteroatoms. The van der Waals surface area contributed by atoms with Crippen LogP contribution in [0, 0.1) is 5.92 Å². The summed E-state index contributed by atoms with van der Waals surface area (Å²) >= 11 is 0. The number of rotatable bonds is 9. The van der Waals surface area contributed by atoms with Gasteiger partial charge in [0.25, 0.3) is 0 Å². The molecule has 1 heterocycles. The molecule has 1 aliphatic heterocycles. The average molecular weight is 423 g/mol. The third-order valence-electron chi connectivity index (χ3n) is 6.03. The lowest BCUT2D eigenvalue weighted by atomic mass is 9.97. The minimum absolute atomic E-state index is 0.317. The van der Waals surface area contributed by atoms with Crippen LogP contribution in [-0.4, -0.2) is 43.3 Å². The van der Waals surface area contributed by atoms with Gasteiger partial charge in [-0.15, -0.1) is 0 Å². The third kappa shape index (κ3) is 7.59. The lowest BCUT2D eigenvalue weighted by Gasteiger charge is -2.32. The van der Waals surface area contributed by atoms with Crippen LogP contribution >= 0.6 is 0 Å². The fourth-order valence-corrected chi connectivity index (χ4v) is 4.01. The SMILES string of the molecule is CCNC(=NCc1ccc(N2CCC(CO)CC2)cc1)NC(C)CCc1ccccc1.